The number of nitrogens with zero attached hydrogens (tertiary/aromatic N) is 5. The molecule has 1 atom stereocenters. The number of amides is 1. The molecule has 2 aromatic heterocycles. The highest BCUT2D eigenvalue weighted by molar-refractivity contribution is 7.17. The van der Waals surface area contributed by atoms with Gasteiger partial charge in [-0.3, -0.25) is 9.69 Å². The van der Waals surface area contributed by atoms with Crippen LogP contribution >= 0.6 is 11.3 Å². The summed E-state index contributed by atoms with van der Waals surface area (Å²) in [6.45, 7) is 8.59. The van der Waals surface area contributed by atoms with Gasteiger partial charge >= 0.3 is 0 Å². The standard InChI is InChI=1S/C20H25N5O2S/c1-4-16-21-20-25(22-16)19(27)18(28-20)17(15-7-5-6-13(2)12-15)24-10-8-23(9-11-24)14(3)26/h5-7,12,17,27H,4,8-11H2,1-3H3. The van der Waals surface area contributed by atoms with Gasteiger partial charge in [0.05, 0.1) is 10.9 Å². The molecule has 0 bridgehead atoms. The summed E-state index contributed by atoms with van der Waals surface area (Å²) in [6, 6.07) is 8.29. The maximum Gasteiger partial charge on any atom is 0.230 e. The number of rotatable bonds is 4. The van der Waals surface area contributed by atoms with Crippen LogP contribution in [0.2, 0.25) is 0 Å². The molecule has 1 N–H and O–H groups in total. The fourth-order valence-electron chi connectivity index (χ4n) is 3.78. The zero-order chi connectivity index (χ0) is 19.8. The maximum absolute atomic E-state index is 11.7. The fourth-order valence-corrected chi connectivity index (χ4v) is 4.92. The molecule has 0 saturated carbocycles. The molecule has 0 radical (unpaired) electrons. The second kappa shape index (κ2) is 7.52. The number of aromatic nitrogens is 3. The first-order valence-corrected chi connectivity index (χ1v) is 10.4. The molecular weight excluding hydrogens is 374 g/mol. The molecule has 148 valence electrons. The van der Waals surface area contributed by atoms with Gasteiger partial charge in [-0.1, -0.05) is 48.1 Å². The Balaban J connectivity index is 1.74. The summed E-state index contributed by atoms with van der Waals surface area (Å²) in [5.74, 6) is 1.00. The van der Waals surface area contributed by atoms with Crippen molar-refractivity contribution in [3.8, 4) is 5.88 Å². The first kappa shape index (κ1) is 18.9. The number of fused-ring (bicyclic) bond motifs is 1. The molecule has 7 nitrogen and oxygen atoms in total. The van der Waals surface area contributed by atoms with E-state index in [2.05, 4.69) is 40.1 Å². The Kier molecular flexibility index (Phi) is 5.07. The SMILES string of the molecule is CCc1nc2sc(C(c3cccc(C)c3)N3CCN(C(C)=O)CC3)c(O)n2n1. The number of aromatic hydroxyl groups is 1. The minimum atomic E-state index is -0.0902. The molecular formula is C20H25N5O2S. The number of hydrogen-bond acceptors (Lipinski definition) is 6. The molecule has 3 aromatic rings. The molecule has 28 heavy (non-hydrogen) atoms. The Bertz CT molecular complexity index is 1000. The van der Waals surface area contributed by atoms with E-state index in [1.165, 1.54) is 16.9 Å². The number of carbonyl (C=O) groups is 1. The average Bonchev–Trinajstić information content (AvgIpc) is 3.22. The van der Waals surface area contributed by atoms with E-state index in [0.29, 0.717) is 18.1 Å². The molecule has 8 heteroatoms. The topological polar surface area (TPSA) is 74.0 Å². The van der Waals surface area contributed by atoms with E-state index in [9.17, 15) is 9.90 Å². The largest absolute Gasteiger partial charge is 0.492 e. The summed E-state index contributed by atoms with van der Waals surface area (Å²) >= 11 is 1.49. The van der Waals surface area contributed by atoms with E-state index >= 15 is 0 Å². The third-order valence-electron chi connectivity index (χ3n) is 5.29. The lowest BCUT2D eigenvalue weighted by Gasteiger charge is -2.38. The zero-order valence-electron chi connectivity index (χ0n) is 16.4. The van der Waals surface area contributed by atoms with Gasteiger partial charge in [-0.05, 0) is 12.5 Å². The summed E-state index contributed by atoms with van der Waals surface area (Å²) in [5.41, 5.74) is 2.31. The van der Waals surface area contributed by atoms with Gasteiger partial charge in [0.15, 0.2) is 5.82 Å². The monoisotopic (exact) mass is 399 g/mol. The van der Waals surface area contributed by atoms with Crippen molar-refractivity contribution in [3.05, 3.63) is 46.1 Å². The van der Waals surface area contributed by atoms with Crippen LogP contribution in [-0.4, -0.2) is 61.6 Å². The van der Waals surface area contributed by atoms with E-state index in [0.717, 1.165) is 35.8 Å². The van der Waals surface area contributed by atoms with Gasteiger partial charge in [-0.2, -0.15) is 4.52 Å². The smallest absolute Gasteiger partial charge is 0.230 e. The highest BCUT2D eigenvalue weighted by Gasteiger charge is 2.32. The van der Waals surface area contributed by atoms with Crippen LogP contribution in [0.3, 0.4) is 0 Å². The molecule has 1 aliphatic heterocycles. The van der Waals surface area contributed by atoms with Crippen LogP contribution < -0.4 is 0 Å². The summed E-state index contributed by atoms with van der Waals surface area (Å²) in [4.78, 5) is 22.0. The number of benzene rings is 1. The second-order valence-corrected chi connectivity index (χ2v) is 8.23. The predicted molar refractivity (Wildman–Crippen MR) is 109 cm³/mol. The number of thiazole rings is 1. The van der Waals surface area contributed by atoms with Crippen molar-refractivity contribution in [1.29, 1.82) is 0 Å². The lowest BCUT2D eigenvalue weighted by atomic mass is 10.0. The van der Waals surface area contributed by atoms with E-state index in [1.807, 2.05) is 17.9 Å². The van der Waals surface area contributed by atoms with Crippen molar-refractivity contribution in [3.63, 3.8) is 0 Å². The number of carbonyl (C=O) groups excluding carboxylic acids is 1. The van der Waals surface area contributed by atoms with Gasteiger partial charge in [0, 0.05) is 39.5 Å². The van der Waals surface area contributed by atoms with Crippen molar-refractivity contribution in [2.45, 2.75) is 33.2 Å². The Morgan fingerprint density at radius 3 is 2.64 bits per heavy atom. The molecule has 3 heterocycles. The number of piperazine rings is 1. The van der Waals surface area contributed by atoms with Crippen LogP contribution in [0.15, 0.2) is 24.3 Å². The fraction of sp³-hybridized carbons (Fsp3) is 0.450. The van der Waals surface area contributed by atoms with E-state index in [1.54, 1.807) is 11.4 Å². The molecule has 1 fully saturated rings. The van der Waals surface area contributed by atoms with Crippen molar-refractivity contribution in [2.75, 3.05) is 26.2 Å². The van der Waals surface area contributed by atoms with Gasteiger partial charge in [-0.25, -0.2) is 4.98 Å². The Labute approximate surface area is 168 Å². The van der Waals surface area contributed by atoms with E-state index < -0.39 is 0 Å². The van der Waals surface area contributed by atoms with Gasteiger partial charge in [-0.15, -0.1) is 5.10 Å². The first-order valence-electron chi connectivity index (χ1n) is 9.61. The third-order valence-corrected chi connectivity index (χ3v) is 6.36. The molecule has 1 unspecified atom stereocenters. The molecule has 1 aromatic carbocycles. The normalized spacial score (nSPS) is 16.6. The van der Waals surface area contributed by atoms with Gasteiger partial charge in [0.25, 0.3) is 0 Å². The highest BCUT2D eigenvalue weighted by Crippen LogP contribution is 2.40. The molecule has 1 aliphatic rings. The van der Waals surface area contributed by atoms with Crippen LogP contribution in [0.1, 0.15) is 41.7 Å². The Morgan fingerprint density at radius 2 is 2.04 bits per heavy atom. The molecule has 1 saturated heterocycles. The van der Waals surface area contributed by atoms with Crippen molar-refractivity contribution >= 4 is 22.2 Å². The van der Waals surface area contributed by atoms with Gasteiger partial charge in [0.1, 0.15) is 0 Å². The summed E-state index contributed by atoms with van der Waals surface area (Å²) < 4.78 is 1.55. The van der Waals surface area contributed by atoms with Crippen molar-refractivity contribution in [1.82, 2.24) is 24.4 Å². The lowest BCUT2D eigenvalue weighted by molar-refractivity contribution is -0.130. The average molecular weight is 400 g/mol. The zero-order valence-corrected chi connectivity index (χ0v) is 17.2. The molecule has 0 aliphatic carbocycles. The highest BCUT2D eigenvalue weighted by atomic mass is 32.1. The minimum Gasteiger partial charge on any atom is -0.492 e. The van der Waals surface area contributed by atoms with Crippen LogP contribution in [-0.2, 0) is 11.2 Å². The van der Waals surface area contributed by atoms with Gasteiger partial charge in [0.2, 0.25) is 16.7 Å². The lowest BCUT2D eigenvalue weighted by Crippen LogP contribution is -2.49. The summed E-state index contributed by atoms with van der Waals surface area (Å²) in [7, 11) is 0. The Hall–Kier alpha value is -2.45. The number of aryl methyl sites for hydroxylation is 2. The number of hydrogen-bond donors (Lipinski definition) is 1. The third kappa shape index (κ3) is 3.38. The second-order valence-electron chi connectivity index (χ2n) is 7.22. The van der Waals surface area contributed by atoms with Crippen molar-refractivity contribution in [2.24, 2.45) is 0 Å². The van der Waals surface area contributed by atoms with Crippen molar-refractivity contribution < 1.29 is 9.90 Å². The minimum absolute atomic E-state index is 0.0902. The summed E-state index contributed by atoms with van der Waals surface area (Å²) in [5, 5.41) is 15.4. The maximum atomic E-state index is 11.7. The molecule has 1 amide bonds. The predicted octanol–water partition coefficient (Wildman–Crippen LogP) is 2.62. The van der Waals surface area contributed by atoms with Crippen LogP contribution in [0, 0.1) is 6.92 Å². The first-order chi connectivity index (χ1) is 13.5. The van der Waals surface area contributed by atoms with E-state index in [-0.39, 0.29) is 17.8 Å². The molecule has 0 spiro atoms. The van der Waals surface area contributed by atoms with Crippen LogP contribution in [0.4, 0.5) is 0 Å². The van der Waals surface area contributed by atoms with Crippen LogP contribution in [0.5, 0.6) is 5.88 Å². The Morgan fingerprint density at radius 1 is 1.29 bits per heavy atom. The summed E-state index contributed by atoms with van der Waals surface area (Å²) in [6.07, 6.45) is 0.734. The van der Waals surface area contributed by atoms with E-state index in [4.69, 9.17) is 0 Å². The molecule has 4 rings (SSSR count). The van der Waals surface area contributed by atoms with Gasteiger partial charge < -0.3 is 10.0 Å². The quantitative estimate of drug-likeness (QED) is 0.730. The van der Waals surface area contributed by atoms with Crippen LogP contribution in [0.25, 0.3) is 4.96 Å².